The lowest BCUT2D eigenvalue weighted by Gasteiger charge is -2.25. The summed E-state index contributed by atoms with van der Waals surface area (Å²) in [6.07, 6.45) is 4.91. The minimum Gasteiger partial charge on any atom is -0.383 e. The molecule has 2 aromatic heterocycles. The first kappa shape index (κ1) is 17.2. The number of benzene rings is 1. The zero-order chi connectivity index (χ0) is 18.8. The number of nitrogens with one attached hydrogen (secondary N) is 1. The van der Waals surface area contributed by atoms with Gasteiger partial charge in [0.2, 0.25) is 11.8 Å². The number of anilines is 1. The van der Waals surface area contributed by atoms with Crippen molar-refractivity contribution in [3.63, 3.8) is 0 Å². The van der Waals surface area contributed by atoms with Gasteiger partial charge in [-0.2, -0.15) is 0 Å². The molecular weight excluding hydrogens is 360 g/mol. The molecule has 0 atom stereocenters. The number of fused-ring (bicyclic) bond motifs is 1. The van der Waals surface area contributed by atoms with Crippen LogP contribution in [0.25, 0.3) is 27.3 Å². The molecule has 3 heterocycles. The zero-order valence-electron chi connectivity index (χ0n) is 14.5. The molecule has 0 radical (unpaired) electrons. The number of hydrogen-bond donors (Lipinski definition) is 2. The summed E-state index contributed by atoms with van der Waals surface area (Å²) in [4.78, 5) is 29.7. The molecular formula is C20H18N4O2S. The molecule has 3 aromatic rings. The van der Waals surface area contributed by atoms with E-state index in [-0.39, 0.29) is 18.4 Å². The third-order valence-corrected chi connectivity index (χ3v) is 5.52. The minimum absolute atomic E-state index is 0.0930. The van der Waals surface area contributed by atoms with Crippen LogP contribution in [0.1, 0.15) is 5.56 Å². The Labute approximate surface area is 160 Å². The lowest BCUT2D eigenvalue weighted by atomic mass is 10.0. The Morgan fingerprint density at radius 1 is 1.30 bits per heavy atom. The summed E-state index contributed by atoms with van der Waals surface area (Å²) in [5.74, 6) is 0.154. The van der Waals surface area contributed by atoms with Crippen molar-refractivity contribution >= 4 is 45.1 Å². The summed E-state index contributed by atoms with van der Waals surface area (Å²) < 4.78 is 0.988. The molecule has 0 spiro atoms. The number of nitrogens with two attached hydrogens (primary N) is 1. The third kappa shape index (κ3) is 3.41. The van der Waals surface area contributed by atoms with E-state index in [0.29, 0.717) is 18.9 Å². The number of amides is 2. The number of nitrogens with zero attached hydrogens (tertiary/aromatic N) is 2. The Hall–Kier alpha value is -3.19. The fraction of sp³-hybridized carbons (Fsp3) is 0.150. The molecule has 6 nitrogen and oxygen atoms in total. The molecule has 1 aromatic carbocycles. The predicted molar refractivity (Wildman–Crippen MR) is 108 cm³/mol. The van der Waals surface area contributed by atoms with E-state index in [0.717, 1.165) is 26.8 Å². The van der Waals surface area contributed by atoms with Crippen molar-refractivity contribution in [1.82, 2.24) is 15.2 Å². The molecule has 2 amide bonds. The molecule has 136 valence electrons. The highest BCUT2D eigenvalue weighted by Crippen LogP contribution is 2.38. The third-order valence-electron chi connectivity index (χ3n) is 4.49. The van der Waals surface area contributed by atoms with E-state index in [1.54, 1.807) is 23.6 Å². The topological polar surface area (TPSA) is 88.3 Å². The first-order valence-electron chi connectivity index (χ1n) is 8.58. The average Bonchev–Trinajstić information content (AvgIpc) is 3.14. The molecule has 1 saturated heterocycles. The molecule has 1 fully saturated rings. The molecule has 4 rings (SSSR count). The smallest absolute Gasteiger partial charge is 0.247 e. The molecule has 1 aliphatic rings. The fourth-order valence-corrected chi connectivity index (χ4v) is 4.21. The molecule has 27 heavy (non-hydrogen) atoms. The van der Waals surface area contributed by atoms with Gasteiger partial charge in [0, 0.05) is 46.6 Å². The van der Waals surface area contributed by atoms with Crippen molar-refractivity contribution in [3.05, 3.63) is 53.5 Å². The largest absolute Gasteiger partial charge is 0.383 e. The Bertz CT molecular complexity index is 1040. The van der Waals surface area contributed by atoms with E-state index in [4.69, 9.17) is 5.73 Å². The molecule has 7 heteroatoms. The van der Waals surface area contributed by atoms with Gasteiger partial charge in [0.1, 0.15) is 5.82 Å². The van der Waals surface area contributed by atoms with E-state index in [9.17, 15) is 9.59 Å². The molecule has 0 bridgehead atoms. The van der Waals surface area contributed by atoms with Gasteiger partial charge < -0.3 is 16.0 Å². The number of aromatic nitrogens is 1. The van der Waals surface area contributed by atoms with Gasteiger partial charge in [0.15, 0.2) is 0 Å². The van der Waals surface area contributed by atoms with Crippen molar-refractivity contribution in [2.45, 2.75) is 0 Å². The van der Waals surface area contributed by atoms with Crippen molar-refractivity contribution < 1.29 is 9.59 Å². The summed E-state index contributed by atoms with van der Waals surface area (Å²) in [5, 5.41) is 5.67. The van der Waals surface area contributed by atoms with Crippen LogP contribution in [0.15, 0.2) is 48.0 Å². The Morgan fingerprint density at radius 2 is 2.11 bits per heavy atom. The van der Waals surface area contributed by atoms with Crippen LogP contribution in [0.5, 0.6) is 0 Å². The second-order valence-corrected chi connectivity index (χ2v) is 7.14. The first-order valence-corrected chi connectivity index (χ1v) is 9.46. The average molecular weight is 378 g/mol. The first-order chi connectivity index (χ1) is 13.1. The van der Waals surface area contributed by atoms with Gasteiger partial charge in [-0.1, -0.05) is 30.3 Å². The van der Waals surface area contributed by atoms with Crippen molar-refractivity contribution in [2.75, 3.05) is 25.4 Å². The number of pyridine rings is 1. The van der Waals surface area contributed by atoms with Crippen LogP contribution in [0.4, 0.5) is 5.82 Å². The molecule has 3 N–H and O–H groups in total. The van der Waals surface area contributed by atoms with E-state index in [1.165, 1.54) is 11.0 Å². The van der Waals surface area contributed by atoms with Gasteiger partial charge in [-0.3, -0.25) is 9.59 Å². The van der Waals surface area contributed by atoms with Crippen molar-refractivity contribution in [3.8, 4) is 11.1 Å². The fourth-order valence-electron chi connectivity index (χ4n) is 3.13. The number of piperazine rings is 1. The highest BCUT2D eigenvalue weighted by Gasteiger charge is 2.19. The quantitative estimate of drug-likeness (QED) is 0.686. The number of thiophene rings is 1. The van der Waals surface area contributed by atoms with Gasteiger partial charge >= 0.3 is 0 Å². The Kier molecular flexibility index (Phi) is 4.60. The lowest BCUT2D eigenvalue weighted by Crippen LogP contribution is -2.49. The maximum absolute atomic E-state index is 12.4. The maximum Gasteiger partial charge on any atom is 0.247 e. The van der Waals surface area contributed by atoms with Gasteiger partial charge in [-0.25, -0.2) is 4.98 Å². The van der Waals surface area contributed by atoms with Crippen molar-refractivity contribution in [2.24, 2.45) is 0 Å². The lowest BCUT2D eigenvalue weighted by molar-refractivity contribution is -0.134. The highest BCUT2D eigenvalue weighted by molar-refractivity contribution is 7.18. The highest BCUT2D eigenvalue weighted by atomic mass is 32.1. The number of carbonyl (C=O) groups is 2. The number of carbonyl (C=O) groups excluding carboxylic acids is 2. The van der Waals surface area contributed by atoms with Crippen LogP contribution in [-0.4, -0.2) is 41.3 Å². The SMILES string of the molecule is Nc1ncc(/C=C/C(=O)N2CCNC(=O)C2)c2scc(-c3ccccc3)c12. The summed E-state index contributed by atoms with van der Waals surface area (Å²) in [6.45, 7) is 1.09. The number of rotatable bonds is 3. The number of nitrogen functional groups attached to an aromatic ring is 1. The van der Waals surface area contributed by atoms with Crippen molar-refractivity contribution in [1.29, 1.82) is 0 Å². The van der Waals surface area contributed by atoms with E-state index in [2.05, 4.69) is 15.7 Å². The zero-order valence-corrected chi connectivity index (χ0v) is 15.3. The monoisotopic (exact) mass is 378 g/mol. The summed E-state index contributed by atoms with van der Waals surface area (Å²) in [6, 6.07) is 10.0. The van der Waals surface area contributed by atoms with Crippen LogP contribution < -0.4 is 11.1 Å². The minimum atomic E-state index is -0.185. The van der Waals surface area contributed by atoms with E-state index in [1.807, 2.05) is 30.3 Å². The number of hydrogen-bond acceptors (Lipinski definition) is 5. The van der Waals surface area contributed by atoms with Crippen LogP contribution in [0.2, 0.25) is 0 Å². The summed E-state index contributed by atoms with van der Waals surface area (Å²) >= 11 is 1.58. The second kappa shape index (κ2) is 7.20. The van der Waals surface area contributed by atoms with Crippen LogP contribution >= 0.6 is 11.3 Å². The predicted octanol–water partition coefficient (Wildman–Crippen LogP) is 2.52. The maximum atomic E-state index is 12.4. The molecule has 0 unspecified atom stereocenters. The standard InChI is InChI=1S/C20H18N4O2S/c21-20-18-15(13-4-2-1-3-5-13)12-27-19(18)14(10-23-20)6-7-17(26)24-9-8-22-16(25)11-24/h1-7,10,12H,8-9,11H2,(H2,21,23)(H,22,25)/b7-6+. The van der Waals surface area contributed by atoms with Gasteiger partial charge in [0.25, 0.3) is 0 Å². The van der Waals surface area contributed by atoms with Gasteiger partial charge in [-0.05, 0) is 17.0 Å². The van der Waals surface area contributed by atoms with E-state index >= 15 is 0 Å². The van der Waals surface area contributed by atoms with Gasteiger partial charge in [0.05, 0.1) is 6.54 Å². The van der Waals surface area contributed by atoms with E-state index < -0.39 is 0 Å². The molecule has 0 aliphatic carbocycles. The van der Waals surface area contributed by atoms with Crippen LogP contribution in [0.3, 0.4) is 0 Å². The van der Waals surface area contributed by atoms with Gasteiger partial charge in [-0.15, -0.1) is 11.3 Å². The van der Waals surface area contributed by atoms with Crippen LogP contribution in [-0.2, 0) is 9.59 Å². The summed E-state index contributed by atoms with van der Waals surface area (Å²) in [7, 11) is 0. The molecule has 1 aliphatic heterocycles. The normalized spacial score (nSPS) is 14.7. The molecule has 0 saturated carbocycles. The summed E-state index contributed by atoms with van der Waals surface area (Å²) in [5.41, 5.74) is 9.10. The van der Waals surface area contributed by atoms with Crippen LogP contribution in [0, 0.1) is 0 Å². The Morgan fingerprint density at radius 3 is 2.89 bits per heavy atom. The second-order valence-electron chi connectivity index (χ2n) is 6.26. The Balaban J connectivity index is 1.67.